The molecule has 1 aromatic rings. The van der Waals surface area contributed by atoms with Crippen molar-refractivity contribution in [3.8, 4) is 0 Å². The first-order valence-corrected chi connectivity index (χ1v) is 6.81. The van der Waals surface area contributed by atoms with Crippen molar-refractivity contribution in [2.45, 2.75) is 26.8 Å². The van der Waals surface area contributed by atoms with Crippen molar-refractivity contribution in [2.24, 2.45) is 0 Å². The first kappa shape index (κ1) is 14.5. The van der Waals surface area contributed by atoms with E-state index in [9.17, 15) is 9.59 Å². The van der Waals surface area contributed by atoms with E-state index in [-0.39, 0.29) is 17.9 Å². The lowest BCUT2D eigenvalue weighted by Gasteiger charge is -2.34. The first-order valence-electron chi connectivity index (χ1n) is 6.81. The Labute approximate surface area is 117 Å². The van der Waals surface area contributed by atoms with Crippen LogP contribution in [-0.2, 0) is 9.59 Å². The normalized spacial score (nSPS) is 17.9. The molecule has 1 aliphatic rings. The van der Waals surface area contributed by atoms with Crippen LogP contribution in [0.25, 0.3) is 0 Å². The number of nitrogens with one attached hydrogen (secondary N) is 2. The number of hydrogen-bond donors (Lipinski definition) is 2. The first-order chi connectivity index (χ1) is 9.47. The molecular weight excluding hydrogens is 260 g/mol. The third-order valence-corrected chi connectivity index (χ3v) is 3.74. The summed E-state index contributed by atoms with van der Waals surface area (Å²) >= 11 is 0. The van der Waals surface area contributed by atoms with Crippen molar-refractivity contribution in [1.82, 2.24) is 10.1 Å². The summed E-state index contributed by atoms with van der Waals surface area (Å²) in [5.41, 5.74) is 0. The van der Waals surface area contributed by atoms with Crippen molar-refractivity contribution in [3.05, 3.63) is 11.8 Å². The number of amides is 2. The van der Waals surface area contributed by atoms with Crippen LogP contribution in [0.3, 0.4) is 0 Å². The molecule has 2 amide bonds. The van der Waals surface area contributed by atoms with Gasteiger partial charge in [0.2, 0.25) is 5.91 Å². The van der Waals surface area contributed by atoms with Crippen molar-refractivity contribution in [1.29, 1.82) is 0 Å². The Bertz CT molecular complexity index is 492. The van der Waals surface area contributed by atoms with Crippen LogP contribution < -0.4 is 10.2 Å². The van der Waals surface area contributed by atoms with E-state index in [2.05, 4.69) is 10.5 Å². The average molecular weight is 281 g/mol. The highest BCUT2D eigenvalue weighted by molar-refractivity contribution is 5.92. The van der Waals surface area contributed by atoms with Gasteiger partial charge < -0.3 is 19.6 Å². The summed E-state index contributed by atoms with van der Waals surface area (Å²) in [7, 11) is 0. The summed E-state index contributed by atoms with van der Waals surface area (Å²) in [6.07, 6.45) is 0. The molecule has 2 heterocycles. The number of aryl methyl sites for hydroxylation is 1. The minimum atomic E-state index is -0.180. The molecule has 110 valence electrons. The van der Waals surface area contributed by atoms with Crippen LogP contribution in [0, 0.1) is 6.92 Å². The maximum Gasteiger partial charge on any atom is 0.283 e. The quantitative estimate of drug-likeness (QED) is 0.749. The predicted octanol–water partition coefficient (Wildman–Crippen LogP) is -0.943. The molecule has 2 N–H and O–H groups in total. The number of anilines is 1. The molecule has 0 spiro atoms. The van der Waals surface area contributed by atoms with Gasteiger partial charge in [0, 0.05) is 13.0 Å². The Morgan fingerprint density at radius 1 is 1.45 bits per heavy atom. The smallest absolute Gasteiger partial charge is 0.283 e. The van der Waals surface area contributed by atoms with Gasteiger partial charge in [0.05, 0.1) is 26.2 Å². The van der Waals surface area contributed by atoms with E-state index >= 15 is 0 Å². The Morgan fingerprint density at radius 2 is 2.10 bits per heavy atom. The summed E-state index contributed by atoms with van der Waals surface area (Å²) in [4.78, 5) is 26.4. The second-order valence-electron chi connectivity index (χ2n) is 5.20. The summed E-state index contributed by atoms with van der Waals surface area (Å²) < 4.78 is 4.92. The fourth-order valence-electron chi connectivity index (χ4n) is 2.39. The molecule has 1 atom stereocenters. The number of quaternary nitrogens is 1. The molecular formula is C13H21N4O3+. The van der Waals surface area contributed by atoms with E-state index in [1.807, 2.05) is 11.8 Å². The van der Waals surface area contributed by atoms with Gasteiger partial charge in [-0.05, 0) is 13.8 Å². The fraction of sp³-hybridized carbons (Fsp3) is 0.615. The highest BCUT2D eigenvalue weighted by Gasteiger charge is 2.30. The van der Waals surface area contributed by atoms with Gasteiger partial charge in [0.25, 0.3) is 5.91 Å². The lowest BCUT2D eigenvalue weighted by Crippen LogP contribution is -3.19. The SMILES string of the molecule is CC(=O)N1CC[NH+]([C@@H](C)C(=O)Nc2cc(C)on2)CC1. The Kier molecular flexibility index (Phi) is 4.39. The summed E-state index contributed by atoms with van der Waals surface area (Å²) in [6, 6.07) is 1.51. The summed E-state index contributed by atoms with van der Waals surface area (Å²) in [5, 5.41) is 6.50. The van der Waals surface area contributed by atoms with Crippen molar-refractivity contribution < 1.29 is 19.0 Å². The Balaban J connectivity index is 1.86. The molecule has 0 unspecified atom stereocenters. The zero-order chi connectivity index (χ0) is 14.7. The highest BCUT2D eigenvalue weighted by Crippen LogP contribution is 2.06. The van der Waals surface area contributed by atoms with Crippen molar-refractivity contribution in [2.75, 3.05) is 31.5 Å². The largest absolute Gasteiger partial charge is 0.360 e. The number of piperazine rings is 1. The second kappa shape index (κ2) is 6.04. The molecule has 1 aliphatic heterocycles. The van der Waals surface area contributed by atoms with Crippen LogP contribution in [-0.4, -0.2) is 54.1 Å². The number of rotatable bonds is 3. The van der Waals surface area contributed by atoms with Gasteiger partial charge in [0.15, 0.2) is 11.9 Å². The van der Waals surface area contributed by atoms with Crippen molar-refractivity contribution >= 4 is 17.6 Å². The summed E-state index contributed by atoms with van der Waals surface area (Å²) in [5.74, 6) is 1.13. The lowest BCUT2D eigenvalue weighted by atomic mass is 10.2. The zero-order valence-corrected chi connectivity index (χ0v) is 12.1. The minimum absolute atomic E-state index is 0.0791. The predicted molar refractivity (Wildman–Crippen MR) is 72.3 cm³/mol. The molecule has 20 heavy (non-hydrogen) atoms. The molecule has 7 nitrogen and oxygen atoms in total. The maximum absolute atomic E-state index is 12.1. The standard InChI is InChI=1S/C13H20N4O3/c1-9-8-12(15-20-9)14-13(19)10(2)16-4-6-17(7-5-16)11(3)18/h8,10H,4-7H2,1-3H3,(H,14,15,19)/p+1/t10-/m0/s1. The average Bonchev–Trinajstić information content (AvgIpc) is 2.83. The minimum Gasteiger partial charge on any atom is -0.360 e. The maximum atomic E-state index is 12.1. The van der Waals surface area contributed by atoms with Gasteiger partial charge in [-0.2, -0.15) is 0 Å². The monoisotopic (exact) mass is 281 g/mol. The van der Waals surface area contributed by atoms with E-state index < -0.39 is 0 Å². The molecule has 0 aromatic carbocycles. The summed E-state index contributed by atoms with van der Waals surface area (Å²) in [6.45, 7) is 8.21. The Morgan fingerprint density at radius 3 is 2.60 bits per heavy atom. The molecule has 0 saturated carbocycles. The van der Waals surface area contributed by atoms with Crippen LogP contribution in [0.5, 0.6) is 0 Å². The van der Waals surface area contributed by atoms with Gasteiger partial charge in [-0.3, -0.25) is 9.59 Å². The second-order valence-corrected chi connectivity index (χ2v) is 5.20. The third kappa shape index (κ3) is 3.36. The van der Waals surface area contributed by atoms with Crippen LogP contribution in [0.2, 0.25) is 0 Å². The van der Waals surface area contributed by atoms with Gasteiger partial charge in [-0.1, -0.05) is 5.16 Å². The number of hydrogen-bond acceptors (Lipinski definition) is 4. The van der Waals surface area contributed by atoms with Crippen LogP contribution >= 0.6 is 0 Å². The van der Waals surface area contributed by atoms with Crippen molar-refractivity contribution in [3.63, 3.8) is 0 Å². The molecule has 1 saturated heterocycles. The number of carbonyl (C=O) groups excluding carboxylic acids is 2. The van der Waals surface area contributed by atoms with Crippen LogP contribution in [0.15, 0.2) is 10.6 Å². The molecule has 0 radical (unpaired) electrons. The molecule has 0 bridgehead atoms. The van der Waals surface area contributed by atoms with E-state index in [1.54, 1.807) is 19.9 Å². The van der Waals surface area contributed by atoms with Gasteiger partial charge >= 0.3 is 0 Å². The third-order valence-electron chi connectivity index (χ3n) is 3.74. The van der Waals surface area contributed by atoms with E-state index in [0.717, 1.165) is 13.1 Å². The Hall–Kier alpha value is -1.89. The topological polar surface area (TPSA) is 79.9 Å². The zero-order valence-electron chi connectivity index (χ0n) is 12.1. The van der Waals surface area contributed by atoms with Gasteiger partial charge in [0.1, 0.15) is 5.76 Å². The molecule has 0 aliphatic carbocycles. The number of nitrogens with zero attached hydrogens (tertiary/aromatic N) is 2. The molecule has 1 aromatic heterocycles. The van der Waals surface area contributed by atoms with E-state index in [0.29, 0.717) is 24.7 Å². The van der Waals surface area contributed by atoms with Crippen LogP contribution in [0.4, 0.5) is 5.82 Å². The van der Waals surface area contributed by atoms with E-state index in [1.165, 1.54) is 4.90 Å². The lowest BCUT2D eigenvalue weighted by molar-refractivity contribution is -0.917. The van der Waals surface area contributed by atoms with Crippen LogP contribution in [0.1, 0.15) is 19.6 Å². The number of carbonyl (C=O) groups is 2. The molecule has 1 fully saturated rings. The van der Waals surface area contributed by atoms with Gasteiger partial charge in [-0.25, -0.2) is 0 Å². The van der Waals surface area contributed by atoms with E-state index in [4.69, 9.17) is 4.52 Å². The molecule has 7 heteroatoms. The highest BCUT2D eigenvalue weighted by atomic mass is 16.5. The molecule has 2 rings (SSSR count). The number of aromatic nitrogens is 1. The van der Waals surface area contributed by atoms with Gasteiger partial charge in [-0.15, -0.1) is 0 Å². The fourth-order valence-corrected chi connectivity index (χ4v) is 2.39.